The number of aliphatic hydroxyl groups is 1. The molecule has 0 aliphatic rings. The summed E-state index contributed by atoms with van der Waals surface area (Å²) in [4.78, 5) is 0. The van der Waals surface area contributed by atoms with Gasteiger partial charge in [0.15, 0.2) is 0 Å². The molecule has 9 heteroatoms. The van der Waals surface area contributed by atoms with E-state index in [0.29, 0.717) is 6.54 Å². The Morgan fingerprint density at radius 1 is 1.25 bits per heavy atom. The van der Waals surface area contributed by atoms with Crippen LogP contribution in [0.4, 0.5) is 0 Å². The minimum atomic E-state index is -4.67. The van der Waals surface area contributed by atoms with Gasteiger partial charge in [-0.2, -0.15) is 8.42 Å². The molecular weight excluding hydrogens is 190 g/mol. The van der Waals surface area contributed by atoms with Gasteiger partial charge in [0.1, 0.15) is 0 Å². The highest BCUT2D eigenvalue weighted by Crippen LogP contribution is 1.59. The maximum Gasteiger partial charge on any atom is 0.394 e. The van der Waals surface area contributed by atoms with E-state index in [1.165, 1.54) is 0 Å². The molecule has 8 nitrogen and oxygen atoms in total. The maximum absolute atomic E-state index is 8.74. The Morgan fingerprint density at radius 2 is 1.50 bits per heavy atom. The van der Waals surface area contributed by atoms with Crippen LogP contribution >= 0.6 is 0 Å². The normalized spacial score (nSPS) is 8.33. The Morgan fingerprint density at radius 3 is 1.50 bits per heavy atom. The Hall–Kier alpha value is -0.290. The molecule has 0 aromatic heterocycles. The highest BCUT2D eigenvalue weighted by atomic mass is 32.3. The molecule has 0 aromatic rings. The molecule has 12 heavy (non-hydrogen) atoms. The highest BCUT2D eigenvalue weighted by molar-refractivity contribution is 7.79. The molecule has 0 amide bonds. The third-order valence-electron chi connectivity index (χ3n) is 0.362. The van der Waals surface area contributed by atoms with Gasteiger partial charge in [-0.25, -0.2) is 0 Å². The summed E-state index contributed by atoms with van der Waals surface area (Å²) in [6.45, 7) is 0.927. The predicted molar refractivity (Wildman–Crippen MR) is 45.2 cm³/mol. The van der Waals surface area contributed by atoms with Crippen LogP contribution in [0.5, 0.6) is 0 Å². The third kappa shape index (κ3) is 252. The zero-order valence-electron chi connectivity index (χ0n) is 6.89. The van der Waals surface area contributed by atoms with Crippen molar-refractivity contribution in [3.8, 4) is 0 Å². The molecule has 80 valence electrons. The predicted octanol–water partition coefficient (Wildman–Crippen LogP) is -1.13. The van der Waals surface area contributed by atoms with Gasteiger partial charge >= 0.3 is 10.4 Å². The lowest BCUT2D eigenvalue weighted by atomic mass is 10.7. The lowest BCUT2D eigenvalue weighted by Gasteiger charge is -1.84. The number of rotatable bonds is 2. The van der Waals surface area contributed by atoms with Crippen molar-refractivity contribution >= 4 is 10.4 Å². The molecule has 10 N–H and O–H groups in total. The molecular formula is C3H17N3O5S. The average molecular weight is 207 g/mol. The summed E-state index contributed by atoms with van der Waals surface area (Å²) in [5.41, 5.74) is 0. The molecule has 0 spiro atoms. The summed E-state index contributed by atoms with van der Waals surface area (Å²) in [7, 11) is -2.86. The van der Waals surface area contributed by atoms with Crippen molar-refractivity contribution < 1.29 is 22.6 Å². The summed E-state index contributed by atoms with van der Waals surface area (Å²) >= 11 is 0. The fourth-order valence-electron chi connectivity index (χ4n) is 0.112. The first-order chi connectivity index (χ1) is 4.41. The van der Waals surface area contributed by atoms with E-state index < -0.39 is 10.4 Å². The SMILES string of the molecule is CNCCO.N.N.O=S(=O)(O)O. The van der Waals surface area contributed by atoms with Gasteiger partial charge < -0.3 is 22.7 Å². The fraction of sp³-hybridized carbons (Fsp3) is 1.00. The molecule has 0 rings (SSSR count). The van der Waals surface area contributed by atoms with Crippen molar-refractivity contribution in [3.05, 3.63) is 0 Å². The van der Waals surface area contributed by atoms with Gasteiger partial charge in [0.2, 0.25) is 0 Å². The maximum atomic E-state index is 8.74. The standard InChI is InChI=1S/C3H9NO.2H3N.H2O4S/c1-4-2-3-5;;;1-5(2,3)4/h4-5H,2-3H2,1H3;2*1H3;(H2,1,2,3,4). The molecule has 0 heterocycles. The lowest BCUT2D eigenvalue weighted by molar-refractivity contribution is 0.296. The van der Waals surface area contributed by atoms with E-state index in [2.05, 4.69) is 5.32 Å². The molecule has 0 atom stereocenters. The van der Waals surface area contributed by atoms with Gasteiger partial charge in [-0.05, 0) is 7.05 Å². The van der Waals surface area contributed by atoms with Crippen molar-refractivity contribution in [3.63, 3.8) is 0 Å². The average Bonchev–Trinajstić information content (AvgIpc) is 1.63. The van der Waals surface area contributed by atoms with Crippen LogP contribution in [0.3, 0.4) is 0 Å². The van der Waals surface area contributed by atoms with Gasteiger partial charge in [-0.15, -0.1) is 0 Å². The van der Waals surface area contributed by atoms with Crippen LogP contribution in [0.2, 0.25) is 0 Å². The molecule has 0 bridgehead atoms. The molecule has 0 unspecified atom stereocenters. The number of hydrogen-bond acceptors (Lipinski definition) is 6. The topological polar surface area (TPSA) is 177 Å². The van der Waals surface area contributed by atoms with Gasteiger partial charge in [-0.1, -0.05) is 0 Å². The summed E-state index contributed by atoms with van der Waals surface area (Å²) in [6, 6.07) is 0. The second kappa shape index (κ2) is 13.3. The quantitative estimate of drug-likeness (QED) is 0.308. The monoisotopic (exact) mass is 207 g/mol. The summed E-state index contributed by atoms with van der Waals surface area (Å²) < 4.78 is 31.6. The molecule has 0 aliphatic heterocycles. The first kappa shape index (κ1) is 22.6. The van der Waals surface area contributed by atoms with Crippen LogP contribution < -0.4 is 17.6 Å². The molecule has 0 saturated heterocycles. The van der Waals surface area contributed by atoms with Crippen LogP contribution in [0.25, 0.3) is 0 Å². The number of hydrogen-bond donors (Lipinski definition) is 6. The minimum Gasteiger partial charge on any atom is -0.395 e. The molecule has 0 saturated carbocycles. The van der Waals surface area contributed by atoms with E-state index in [9.17, 15) is 0 Å². The van der Waals surface area contributed by atoms with Crippen LogP contribution in [0.15, 0.2) is 0 Å². The highest BCUT2D eigenvalue weighted by Gasteiger charge is 1.84. The second-order valence-electron chi connectivity index (χ2n) is 1.27. The van der Waals surface area contributed by atoms with E-state index in [1.54, 1.807) is 7.05 Å². The van der Waals surface area contributed by atoms with Crippen molar-refractivity contribution in [2.75, 3.05) is 20.2 Å². The van der Waals surface area contributed by atoms with Gasteiger partial charge in [0, 0.05) is 6.54 Å². The van der Waals surface area contributed by atoms with E-state index in [1.807, 2.05) is 0 Å². The van der Waals surface area contributed by atoms with E-state index >= 15 is 0 Å². The molecule has 0 aliphatic carbocycles. The Kier molecular flexibility index (Phi) is 25.1. The van der Waals surface area contributed by atoms with E-state index in [4.69, 9.17) is 22.6 Å². The third-order valence-corrected chi connectivity index (χ3v) is 0.362. The Labute approximate surface area is 71.7 Å². The van der Waals surface area contributed by atoms with E-state index in [0.717, 1.165) is 0 Å². The van der Waals surface area contributed by atoms with Crippen molar-refractivity contribution in [1.82, 2.24) is 17.6 Å². The minimum absolute atomic E-state index is 0. The molecule has 0 fully saturated rings. The van der Waals surface area contributed by atoms with Crippen LogP contribution in [0.1, 0.15) is 0 Å². The number of nitrogens with one attached hydrogen (secondary N) is 1. The zero-order chi connectivity index (χ0) is 8.62. The first-order valence-electron chi connectivity index (χ1n) is 2.37. The second-order valence-corrected chi connectivity index (χ2v) is 2.17. The summed E-state index contributed by atoms with van der Waals surface area (Å²) in [5.74, 6) is 0. The van der Waals surface area contributed by atoms with Crippen molar-refractivity contribution in [2.45, 2.75) is 0 Å². The number of aliphatic hydroxyl groups excluding tert-OH is 1. The fourth-order valence-corrected chi connectivity index (χ4v) is 0.112. The first-order valence-corrected chi connectivity index (χ1v) is 3.77. The van der Waals surface area contributed by atoms with Gasteiger partial charge in [0.05, 0.1) is 6.61 Å². The van der Waals surface area contributed by atoms with Gasteiger partial charge in [0.25, 0.3) is 0 Å². The van der Waals surface area contributed by atoms with Crippen LogP contribution in [-0.2, 0) is 10.4 Å². The summed E-state index contributed by atoms with van der Waals surface area (Å²) in [6.07, 6.45) is 0. The van der Waals surface area contributed by atoms with Crippen LogP contribution in [-0.4, -0.2) is 42.8 Å². The lowest BCUT2D eigenvalue weighted by Crippen LogP contribution is -2.10. The molecule has 0 aromatic carbocycles. The zero-order valence-corrected chi connectivity index (χ0v) is 7.71. The smallest absolute Gasteiger partial charge is 0.394 e. The largest absolute Gasteiger partial charge is 0.395 e. The Balaban J connectivity index is -0.0000000457. The van der Waals surface area contributed by atoms with Crippen molar-refractivity contribution in [1.29, 1.82) is 0 Å². The Bertz CT molecular complexity index is 136. The number of likely N-dealkylation sites (N-methyl/N-ethyl adjacent to an activating group) is 1. The van der Waals surface area contributed by atoms with E-state index in [-0.39, 0.29) is 18.9 Å². The summed E-state index contributed by atoms with van der Waals surface area (Å²) in [5, 5.41) is 10.8. The van der Waals surface area contributed by atoms with Gasteiger partial charge in [-0.3, -0.25) is 9.11 Å². The molecule has 0 radical (unpaired) electrons. The van der Waals surface area contributed by atoms with Crippen LogP contribution in [0, 0.1) is 0 Å². The van der Waals surface area contributed by atoms with Crippen molar-refractivity contribution in [2.24, 2.45) is 0 Å².